The first-order valence-corrected chi connectivity index (χ1v) is 3.71. The van der Waals surface area contributed by atoms with Crippen molar-refractivity contribution >= 4 is 5.82 Å². The molecule has 1 aromatic heterocycles. The molecule has 0 aromatic carbocycles. The minimum Gasteiger partial charge on any atom is -0.392 e. The van der Waals surface area contributed by atoms with Crippen LogP contribution in [0.3, 0.4) is 0 Å². The van der Waals surface area contributed by atoms with Crippen molar-refractivity contribution in [1.29, 1.82) is 0 Å². The number of rotatable bonds is 2. The van der Waals surface area contributed by atoms with E-state index >= 15 is 0 Å². The first kappa shape index (κ1) is 9.85. The average molecular weight is 188 g/mol. The summed E-state index contributed by atoms with van der Waals surface area (Å²) in [4.78, 5) is 3.51. The lowest BCUT2D eigenvalue weighted by molar-refractivity contribution is 0.141. The number of aromatic nitrogens is 1. The molecule has 72 valence electrons. The van der Waals surface area contributed by atoms with Gasteiger partial charge in [0.15, 0.2) is 0 Å². The summed E-state index contributed by atoms with van der Waals surface area (Å²) < 4.78 is 24.6. The molecule has 1 aromatic rings. The van der Waals surface area contributed by atoms with Crippen molar-refractivity contribution in [1.82, 2.24) is 4.98 Å². The monoisotopic (exact) mass is 188 g/mol. The number of halogens is 2. The molecule has 13 heavy (non-hydrogen) atoms. The number of anilines is 1. The molecule has 3 nitrogen and oxygen atoms in total. The maximum Gasteiger partial charge on any atom is 0.280 e. The van der Waals surface area contributed by atoms with Crippen molar-refractivity contribution in [2.75, 3.05) is 5.73 Å². The molecule has 0 saturated heterocycles. The van der Waals surface area contributed by atoms with Crippen LogP contribution in [0.4, 0.5) is 14.6 Å². The zero-order chi connectivity index (χ0) is 10.0. The van der Waals surface area contributed by atoms with Crippen LogP contribution in [0.15, 0.2) is 6.07 Å². The van der Waals surface area contributed by atoms with E-state index in [0.717, 1.165) is 0 Å². The third-order valence-electron chi connectivity index (χ3n) is 1.74. The average Bonchev–Trinajstić information content (AvgIpc) is 2.08. The van der Waals surface area contributed by atoms with Crippen molar-refractivity contribution in [3.05, 3.63) is 22.9 Å². The molecule has 0 aliphatic rings. The molecule has 0 unspecified atom stereocenters. The summed E-state index contributed by atoms with van der Waals surface area (Å²) in [6.45, 7) is 1.20. The number of aliphatic hydroxyl groups excluding tert-OH is 1. The minimum absolute atomic E-state index is 0.0764. The van der Waals surface area contributed by atoms with Gasteiger partial charge < -0.3 is 10.8 Å². The van der Waals surface area contributed by atoms with Crippen LogP contribution in [0.2, 0.25) is 0 Å². The SMILES string of the molecule is Cc1cc(CO)c(C(F)F)nc1N. The summed E-state index contributed by atoms with van der Waals surface area (Å²) in [6, 6.07) is 1.42. The van der Waals surface area contributed by atoms with Gasteiger partial charge in [-0.05, 0) is 18.6 Å². The van der Waals surface area contributed by atoms with E-state index in [9.17, 15) is 8.78 Å². The fourth-order valence-corrected chi connectivity index (χ4v) is 1.01. The molecule has 0 aliphatic carbocycles. The smallest absolute Gasteiger partial charge is 0.280 e. The van der Waals surface area contributed by atoms with Gasteiger partial charge >= 0.3 is 0 Å². The highest BCUT2D eigenvalue weighted by atomic mass is 19.3. The zero-order valence-corrected chi connectivity index (χ0v) is 7.09. The summed E-state index contributed by atoms with van der Waals surface area (Å²) in [7, 11) is 0. The van der Waals surface area contributed by atoms with E-state index in [2.05, 4.69) is 4.98 Å². The van der Waals surface area contributed by atoms with E-state index in [1.165, 1.54) is 6.07 Å². The van der Waals surface area contributed by atoms with Gasteiger partial charge in [0.25, 0.3) is 6.43 Å². The summed E-state index contributed by atoms with van der Waals surface area (Å²) in [5, 5.41) is 8.77. The van der Waals surface area contributed by atoms with Crippen molar-refractivity contribution in [2.45, 2.75) is 20.0 Å². The van der Waals surface area contributed by atoms with Crippen LogP contribution >= 0.6 is 0 Å². The topological polar surface area (TPSA) is 59.1 Å². The Morgan fingerprint density at radius 3 is 2.69 bits per heavy atom. The fraction of sp³-hybridized carbons (Fsp3) is 0.375. The van der Waals surface area contributed by atoms with Crippen LogP contribution in [-0.4, -0.2) is 10.1 Å². The highest BCUT2D eigenvalue weighted by molar-refractivity contribution is 5.42. The summed E-state index contributed by atoms with van der Waals surface area (Å²) in [6.07, 6.45) is -2.70. The van der Waals surface area contributed by atoms with Crippen molar-refractivity contribution in [3.63, 3.8) is 0 Å². The molecule has 3 N–H and O–H groups in total. The van der Waals surface area contributed by atoms with Gasteiger partial charge in [-0.25, -0.2) is 13.8 Å². The molecule has 0 fully saturated rings. The molecule has 5 heteroatoms. The van der Waals surface area contributed by atoms with Gasteiger partial charge in [-0.1, -0.05) is 0 Å². The Balaban J connectivity index is 3.25. The molecule has 0 amide bonds. The first-order chi connectivity index (χ1) is 6.06. The number of nitrogen functional groups attached to an aromatic ring is 1. The summed E-state index contributed by atoms with van der Waals surface area (Å²) in [5.41, 5.74) is 5.63. The number of aliphatic hydroxyl groups is 1. The van der Waals surface area contributed by atoms with Gasteiger partial charge in [-0.15, -0.1) is 0 Å². The normalized spacial score (nSPS) is 10.8. The lowest BCUT2D eigenvalue weighted by atomic mass is 10.1. The standard InChI is InChI=1S/C8H10F2N2O/c1-4-2-5(3-13)6(7(9)10)12-8(4)11/h2,7,13H,3H2,1H3,(H2,11,12). The number of aryl methyl sites for hydroxylation is 1. The van der Waals surface area contributed by atoms with E-state index in [0.29, 0.717) is 5.56 Å². The molecule has 0 atom stereocenters. The Morgan fingerprint density at radius 2 is 2.23 bits per heavy atom. The summed E-state index contributed by atoms with van der Waals surface area (Å²) >= 11 is 0. The number of pyridine rings is 1. The lowest BCUT2D eigenvalue weighted by Crippen LogP contribution is -2.04. The Bertz CT molecular complexity index is 315. The number of hydrogen-bond donors (Lipinski definition) is 2. The summed E-state index contributed by atoms with van der Waals surface area (Å²) in [5.74, 6) is 0.0764. The Kier molecular flexibility index (Phi) is 2.77. The Morgan fingerprint density at radius 1 is 1.62 bits per heavy atom. The third-order valence-corrected chi connectivity index (χ3v) is 1.74. The second-order valence-electron chi connectivity index (χ2n) is 2.69. The first-order valence-electron chi connectivity index (χ1n) is 3.71. The molecule has 1 heterocycles. The number of nitrogens with zero attached hydrogens (tertiary/aromatic N) is 1. The Labute approximate surface area is 74.2 Å². The van der Waals surface area contributed by atoms with Crippen molar-refractivity contribution in [3.8, 4) is 0 Å². The maximum absolute atomic E-state index is 12.3. The largest absolute Gasteiger partial charge is 0.392 e. The molecule has 0 radical (unpaired) electrons. The van der Waals surface area contributed by atoms with Gasteiger partial charge in [-0.3, -0.25) is 0 Å². The highest BCUT2D eigenvalue weighted by Gasteiger charge is 2.15. The van der Waals surface area contributed by atoms with E-state index < -0.39 is 18.7 Å². The third kappa shape index (κ3) is 1.92. The highest BCUT2D eigenvalue weighted by Crippen LogP contribution is 2.23. The van der Waals surface area contributed by atoms with Crippen LogP contribution in [-0.2, 0) is 6.61 Å². The lowest BCUT2D eigenvalue weighted by Gasteiger charge is -2.08. The molecule has 0 aliphatic heterocycles. The van der Waals surface area contributed by atoms with Gasteiger partial charge in [0.05, 0.1) is 6.61 Å². The minimum atomic E-state index is -2.70. The van der Waals surface area contributed by atoms with Crippen LogP contribution in [0.1, 0.15) is 23.2 Å². The predicted octanol–water partition coefficient (Wildman–Crippen LogP) is 1.40. The number of nitrogens with two attached hydrogens (primary N) is 1. The second-order valence-corrected chi connectivity index (χ2v) is 2.69. The number of alkyl halides is 2. The maximum atomic E-state index is 12.3. The molecular formula is C8H10F2N2O. The van der Waals surface area contributed by atoms with Crippen molar-refractivity contribution < 1.29 is 13.9 Å². The molecule has 0 saturated carbocycles. The van der Waals surface area contributed by atoms with Gasteiger partial charge in [0, 0.05) is 5.56 Å². The zero-order valence-electron chi connectivity index (χ0n) is 7.09. The molecule has 0 spiro atoms. The number of hydrogen-bond acceptors (Lipinski definition) is 3. The molecule has 0 bridgehead atoms. The van der Waals surface area contributed by atoms with Gasteiger partial charge in [-0.2, -0.15) is 0 Å². The van der Waals surface area contributed by atoms with Crippen LogP contribution < -0.4 is 5.73 Å². The van der Waals surface area contributed by atoms with Crippen LogP contribution in [0.5, 0.6) is 0 Å². The van der Waals surface area contributed by atoms with Crippen LogP contribution in [0.25, 0.3) is 0 Å². The fourth-order valence-electron chi connectivity index (χ4n) is 1.01. The van der Waals surface area contributed by atoms with Gasteiger partial charge in [0.2, 0.25) is 0 Å². The van der Waals surface area contributed by atoms with E-state index in [1.54, 1.807) is 6.92 Å². The van der Waals surface area contributed by atoms with Gasteiger partial charge in [0.1, 0.15) is 11.5 Å². The Hall–Kier alpha value is -1.23. The van der Waals surface area contributed by atoms with Crippen LogP contribution in [0, 0.1) is 6.92 Å². The van der Waals surface area contributed by atoms with E-state index in [-0.39, 0.29) is 11.4 Å². The van der Waals surface area contributed by atoms with E-state index in [1.807, 2.05) is 0 Å². The quantitative estimate of drug-likeness (QED) is 0.737. The predicted molar refractivity (Wildman–Crippen MR) is 44.3 cm³/mol. The van der Waals surface area contributed by atoms with E-state index in [4.69, 9.17) is 10.8 Å². The second kappa shape index (κ2) is 3.66. The van der Waals surface area contributed by atoms with Crippen molar-refractivity contribution in [2.24, 2.45) is 0 Å². The molecular weight excluding hydrogens is 178 g/mol. The molecule has 1 rings (SSSR count).